The van der Waals surface area contributed by atoms with Gasteiger partial charge in [0.15, 0.2) is 0 Å². The van der Waals surface area contributed by atoms with Crippen molar-refractivity contribution in [2.24, 2.45) is 5.92 Å². The standard InChI is InChI=1S/C8H11NO2/c9-4-1-2-7-6-11-5-3-8(7)10/h7H,1-3,5-6H2. The van der Waals surface area contributed by atoms with Gasteiger partial charge in [0.25, 0.3) is 0 Å². The molecule has 1 heterocycles. The SMILES string of the molecule is N#CCCC1COCCC1=O. The highest BCUT2D eigenvalue weighted by Crippen LogP contribution is 2.14. The third-order valence-corrected chi connectivity index (χ3v) is 1.87. The van der Waals surface area contributed by atoms with Gasteiger partial charge < -0.3 is 4.74 Å². The number of rotatable bonds is 2. The van der Waals surface area contributed by atoms with Gasteiger partial charge in [-0.1, -0.05) is 0 Å². The number of hydrogen-bond donors (Lipinski definition) is 0. The van der Waals surface area contributed by atoms with E-state index in [9.17, 15) is 4.79 Å². The zero-order chi connectivity index (χ0) is 8.10. The van der Waals surface area contributed by atoms with Crippen LogP contribution in [-0.4, -0.2) is 19.0 Å². The van der Waals surface area contributed by atoms with Gasteiger partial charge in [-0.05, 0) is 6.42 Å². The van der Waals surface area contributed by atoms with Crippen molar-refractivity contribution < 1.29 is 9.53 Å². The Bertz CT molecular complexity index is 183. The van der Waals surface area contributed by atoms with Gasteiger partial charge in [-0.25, -0.2) is 0 Å². The summed E-state index contributed by atoms with van der Waals surface area (Å²) in [5, 5.41) is 8.28. The fraction of sp³-hybridized carbons (Fsp3) is 0.750. The number of ketones is 1. The van der Waals surface area contributed by atoms with E-state index >= 15 is 0 Å². The van der Waals surface area contributed by atoms with E-state index in [1.807, 2.05) is 6.07 Å². The maximum Gasteiger partial charge on any atom is 0.140 e. The molecule has 3 heteroatoms. The molecule has 0 N–H and O–H groups in total. The molecular weight excluding hydrogens is 142 g/mol. The highest BCUT2D eigenvalue weighted by molar-refractivity contribution is 5.81. The van der Waals surface area contributed by atoms with Crippen LogP contribution in [0.25, 0.3) is 0 Å². The van der Waals surface area contributed by atoms with Crippen LogP contribution >= 0.6 is 0 Å². The molecule has 0 aromatic rings. The highest BCUT2D eigenvalue weighted by Gasteiger charge is 2.21. The zero-order valence-corrected chi connectivity index (χ0v) is 6.38. The molecule has 3 nitrogen and oxygen atoms in total. The summed E-state index contributed by atoms with van der Waals surface area (Å²) in [6.07, 6.45) is 1.64. The van der Waals surface area contributed by atoms with Crippen LogP contribution in [0.2, 0.25) is 0 Å². The summed E-state index contributed by atoms with van der Waals surface area (Å²) in [5.41, 5.74) is 0. The predicted octanol–water partition coefficient (Wildman–Crippen LogP) is 0.896. The molecule has 1 rings (SSSR count). The van der Waals surface area contributed by atoms with Crippen LogP contribution in [0.4, 0.5) is 0 Å². The molecule has 1 aliphatic heterocycles. The molecule has 0 amide bonds. The number of nitriles is 1. The second-order valence-electron chi connectivity index (χ2n) is 2.68. The lowest BCUT2D eigenvalue weighted by molar-refractivity contribution is -0.130. The summed E-state index contributed by atoms with van der Waals surface area (Å²) in [5.74, 6) is 0.245. The van der Waals surface area contributed by atoms with Gasteiger partial charge in [-0.2, -0.15) is 5.26 Å². The van der Waals surface area contributed by atoms with E-state index in [0.717, 1.165) is 0 Å². The molecule has 0 spiro atoms. The fourth-order valence-electron chi connectivity index (χ4n) is 1.18. The van der Waals surface area contributed by atoms with Crippen molar-refractivity contribution in [2.75, 3.05) is 13.2 Å². The Kier molecular flexibility index (Phi) is 3.06. The average Bonchev–Trinajstić information content (AvgIpc) is 2.03. The van der Waals surface area contributed by atoms with E-state index in [0.29, 0.717) is 32.5 Å². The van der Waals surface area contributed by atoms with Crippen LogP contribution in [0.3, 0.4) is 0 Å². The third-order valence-electron chi connectivity index (χ3n) is 1.87. The lowest BCUT2D eigenvalue weighted by Crippen LogP contribution is -2.27. The molecule has 0 aromatic carbocycles. The van der Waals surface area contributed by atoms with Gasteiger partial charge in [0.05, 0.1) is 19.3 Å². The Hall–Kier alpha value is -0.880. The first-order valence-electron chi connectivity index (χ1n) is 3.82. The normalized spacial score (nSPS) is 24.6. The number of Topliss-reactive ketones (excluding diaryl/α,β-unsaturated/α-hetero) is 1. The molecule has 1 unspecified atom stereocenters. The van der Waals surface area contributed by atoms with Gasteiger partial charge >= 0.3 is 0 Å². The Morgan fingerprint density at radius 3 is 3.18 bits per heavy atom. The van der Waals surface area contributed by atoms with Gasteiger partial charge in [0.2, 0.25) is 0 Å². The summed E-state index contributed by atoms with van der Waals surface area (Å²) in [4.78, 5) is 11.1. The molecule has 11 heavy (non-hydrogen) atoms. The first-order valence-corrected chi connectivity index (χ1v) is 3.82. The van der Waals surface area contributed by atoms with E-state index in [1.165, 1.54) is 0 Å². The maximum atomic E-state index is 11.1. The zero-order valence-electron chi connectivity index (χ0n) is 6.38. The minimum absolute atomic E-state index is 0.0107. The Morgan fingerprint density at radius 2 is 2.55 bits per heavy atom. The molecule has 0 bridgehead atoms. The molecule has 0 saturated carbocycles. The maximum absolute atomic E-state index is 11.1. The van der Waals surface area contributed by atoms with Crippen molar-refractivity contribution in [1.82, 2.24) is 0 Å². The molecular formula is C8H11NO2. The van der Waals surface area contributed by atoms with Crippen molar-refractivity contribution in [1.29, 1.82) is 5.26 Å². The van der Waals surface area contributed by atoms with E-state index in [2.05, 4.69) is 0 Å². The average molecular weight is 153 g/mol. The van der Waals surface area contributed by atoms with Crippen molar-refractivity contribution in [3.8, 4) is 6.07 Å². The molecule has 0 radical (unpaired) electrons. The lowest BCUT2D eigenvalue weighted by Gasteiger charge is -2.19. The Morgan fingerprint density at radius 1 is 1.73 bits per heavy atom. The highest BCUT2D eigenvalue weighted by atomic mass is 16.5. The number of hydrogen-bond acceptors (Lipinski definition) is 3. The van der Waals surface area contributed by atoms with Crippen LogP contribution in [0.15, 0.2) is 0 Å². The second-order valence-corrected chi connectivity index (χ2v) is 2.68. The molecule has 60 valence electrons. The van der Waals surface area contributed by atoms with Gasteiger partial charge in [-0.15, -0.1) is 0 Å². The molecule has 0 aromatic heterocycles. The van der Waals surface area contributed by atoms with Crippen LogP contribution in [-0.2, 0) is 9.53 Å². The Labute approximate surface area is 66.0 Å². The summed E-state index contributed by atoms with van der Waals surface area (Å²) in [6.45, 7) is 1.07. The predicted molar refractivity (Wildman–Crippen MR) is 38.8 cm³/mol. The smallest absolute Gasteiger partial charge is 0.140 e. The van der Waals surface area contributed by atoms with E-state index < -0.39 is 0 Å². The van der Waals surface area contributed by atoms with Crippen LogP contribution in [0.5, 0.6) is 0 Å². The van der Waals surface area contributed by atoms with Crippen LogP contribution < -0.4 is 0 Å². The first-order chi connectivity index (χ1) is 5.34. The summed E-state index contributed by atoms with van der Waals surface area (Å²) < 4.78 is 5.12. The summed E-state index contributed by atoms with van der Waals surface area (Å²) >= 11 is 0. The van der Waals surface area contributed by atoms with Gasteiger partial charge in [-0.3, -0.25) is 4.79 Å². The minimum Gasteiger partial charge on any atom is -0.380 e. The third kappa shape index (κ3) is 2.32. The van der Waals surface area contributed by atoms with Crippen molar-refractivity contribution in [2.45, 2.75) is 19.3 Å². The molecule has 1 saturated heterocycles. The fourth-order valence-corrected chi connectivity index (χ4v) is 1.18. The first kappa shape index (κ1) is 8.22. The van der Waals surface area contributed by atoms with E-state index in [1.54, 1.807) is 0 Å². The monoisotopic (exact) mass is 153 g/mol. The molecule has 1 fully saturated rings. The Balaban J connectivity index is 2.31. The van der Waals surface area contributed by atoms with E-state index in [4.69, 9.17) is 10.00 Å². The van der Waals surface area contributed by atoms with Crippen molar-refractivity contribution in [3.63, 3.8) is 0 Å². The number of carbonyl (C=O) groups excluding carboxylic acids is 1. The topological polar surface area (TPSA) is 50.1 Å². The largest absolute Gasteiger partial charge is 0.380 e. The second kappa shape index (κ2) is 4.09. The van der Waals surface area contributed by atoms with E-state index in [-0.39, 0.29) is 11.7 Å². The molecule has 1 aliphatic rings. The molecule has 1 atom stereocenters. The minimum atomic E-state index is -0.0107. The number of carbonyl (C=O) groups is 1. The summed E-state index contributed by atoms with van der Waals surface area (Å²) in [7, 11) is 0. The van der Waals surface area contributed by atoms with Gasteiger partial charge in [0.1, 0.15) is 5.78 Å². The van der Waals surface area contributed by atoms with Crippen molar-refractivity contribution >= 4 is 5.78 Å². The van der Waals surface area contributed by atoms with Crippen LogP contribution in [0, 0.1) is 17.2 Å². The summed E-state index contributed by atoms with van der Waals surface area (Å²) in [6, 6.07) is 2.03. The number of nitrogens with zero attached hydrogens (tertiary/aromatic N) is 1. The van der Waals surface area contributed by atoms with Crippen LogP contribution in [0.1, 0.15) is 19.3 Å². The lowest BCUT2D eigenvalue weighted by atomic mass is 9.96. The molecule has 0 aliphatic carbocycles. The quantitative estimate of drug-likeness (QED) is 0.592. The van der Waals surface area contributed by atoms with Gasteiger partial charge in [0, 0.05) is 18.8 Å². The number of ether oxygens (including phenoxy) is 1. The van der Waals surface area contributed by atoms with Crippen molar-refractivity contribution in [3.05, 3.63) is 0 Å².